The number of methoxy groups -OCH3 is 2. The Morgan fingerprint density at radius 1 is 1.12 bits per heavy atom. The van der Waals surface area contributed by atoms with Gasteiger partial charge in [-0.3, -0.25) is 4.79 Å². The minimum absolute atomic E-state index is 0.247. The summed E-state index contributed by atoms with van der Waals surface area (Å²) in [5, 5.41) is 15.6. The number of anilines is 3. The zero-order valence-corrected chi connectivity index (χ0v) is 14.3. The van der Waals surface area contributed by atoms with Crippen LogP contribution in [0.3, 0.4) is 0 Å². The van der Waals surface area contributed by atoms with Crippen molar-refractivity contribution in [1.82, 2.24) is 9.97 Å². The molecule has 0 atom stereocenters. The molecule has 8 nitrogen and oxygen atoms in total. The van der Waals surface area contributed by atoms with Gasteiger partial charge >= 0.3 is 5.97 Å². The van der Waals surface area contributed by atoms with Gasteiger partial charge in [0, 0.05) is 11.5 Å². The van der Waals surface area contributed by atoms with Crippen molar-refractivity contribution in [1.29, 1.82) is 0 Å². The molecule has 0 aliphatic heterocycles. The molecule has 0 saturated heterocycles. The molecule has 0 fully saturated rings. The number of benzene rings is 2. The highest BCUT2D eigenvalue weighted by Crippen LogP contribution is 2.31. The standard InChI is InChI=1S/C18H18N4O4/c1-25-11-7-8-15(26-2)14(9-11)21-18-20-13-6-4-3-5-12(13)17(22-18)19-10-16(23)24/h3-9H,10H2,1-2H3,(H,23,24)(H2,19,20,21,22). The van der Waals surface area contributed by atoms with E-state index >= 15 is 0 Å². The van der Waals surface area contributed by atoms with Crippen molar-refractivity contribution in [3.63, 3.8) is 0 Å². The molecule has 0 saturated carbocycles. The third-order valence-corrected chi connectivity index (χ3v) is 3.66. The van der Waals surface area contributed by atoms with Crippen molar-refractivity contribution >= 4 is 34.3 Å². The van der Waals surface area contributed by atoms with E-state index in [1.165, 1.54) is 0 Å². The van der Waals surface area contributed by atoms with Crippen LogP contribution >= 0.6 is 0 Å². The van der Waals surface area contributed by atoms with Gasteiger partial charge in [0.05, 0.1) is 25.4 Å². The fraction of sp³-hybridized carbons (Fsp3) is 0.167. The molecule has 1 aromatic heterocycles. The molecule has 3 N–H and O–H groups in total. The lowest BCUT2D eigenvalue weighted by Crippen LogP contribution is -2.14. The Morgan fingerprint density at radius 2 is 1.92 bits per heavy atom. The van der Waals surface area contributed by atoms with Crippen molar-refractivity contribution < 1.29 is 19.4 Å². The minimum atomic E-state index is -0.975. The van der Waals surface area contributed by atoms with Gasteiger partial charge in [-0.1, -0.05) is 12.1 Å². The number of aliphatic carboxylic acids is 1. The van der Waals surface area contributed by atoms with Gasteiger partial charge in [-0.15, -0.1) is 0 Å². The lowest BCUT2D eigenvalue weighted by atomic mass is 10.2. The number of rotatable bonds is 7. The highest BCUT2D eigenvalue weighted by Gasteiger charge is 2.11. The average molecular weight is 354 g/mol. The molecule has 3 aromatic rings. The van der Waals surface area contributed by atoms with E-state index in [2.05, 4.69) is 20.6 Å². The van der Waals surface area contributed by atoms with Crippen molar-refractivity contribution in [3.05, 3.63) is 42.5 Å². The van der Waals surface area contributed by atoms with Crippen molar-refractivity contribution in [2.75, 3.05) is 31.4 Å². The van der Waals surface area contributed by atoms with E-state index in [1.807, 2.05) is 24.3 Å². The largest absolute Gasteiger partial charge is 0.497 e. The van der Waals surface area contributed by atoms with Crippen LogP contribution in [0, 0.1) is 0 Å². The third-order valence-electron chi connectivity index (χ3n) is 3.66. The highest BCUT2D eigenvalue weighted by atomic mass is 16.5. The second-order valence-corrected chi connectivity index (χ2v) is 5.35. The lowest BCUT2D eigenvalue weighted by molar-refractivity contribution is -0.134. The maximum absolute atomic E-state index is 10.9. The maximum Gasteiger partial charge on any atom is 0.322 e. The van der Waals surface area contributed by atoms with E-state index in [-0.39, 0.29) is 6.54 Å². The summed E-state index contributed by atoms with van der Waals surface area (Å²) in [6, 6.07) is 12.7. The molecule has 3 rings (SSSR count). The van der Waals surface area contributed by atoms with Gasteiger partial charge in [-0.05, 0) is 24.3 Å². The summed E-state index contributed by atoms with van der Waals surface area (Å²) in [6.07, 6.45) is 0. The van der Waals surface area contributed by atoms with E-state index in [0.717, 1.165) is 5.39 Å². The van der Waals surface area contributed by atoms with Crippen LogP contribution in [0.1, 0.15) is 0 Å². The average Bonchev–Trinajstić information content (AvgIpc) is 2.66. The molecule has 0 aliphatic rings. The second-order valence-electron chi connectivity index (χ2n) is 5.35. The summed E-state index contributed by atoms with van der Waals surface area (Å²) in [4.78, 5) is 19.8. The van der Waals surface area contributed by atoms with E-state index in [9.17, 15) is 4.79 Å². The number of nitrogens with one attached hydrogen (secondary N) is 2. The van der Waals surface area contributed by atoms with Gasteiger partial charge in [0.2, 0.25) is 5.95 Å². The Morgan fingerprint density at radius 3 is 2.65 bits per heavy atom. The van der Waals surface area contributed by atoms with Crippen LogP contribution in [0.2, 0.25) is 0 Å². The number of nitrogens with zero attached hydrogens (tertiary/aromatic N) is 2. The molecule has 134 valence electrons. The summed E-state index contributed by atoms with van der Waals surface area (Å²) in [7, 11) is 3.14. The number of carbonyl (C=O) groups is 1. The van der Waals surface area contributed by atoms with Crippen LogP contribution in [0.5, 0.6) is 11.5 Å². The number of hydrogen-bond acceptors (Lipinski definition) is 7. The highest BCUT2D eigenvalue weighted by molar-refractivity contribution is 5.91. The summed E-state index contributed by atoms with van der Waals surface area (Å²) in [5.41, 5.74) is 1.31. The summed E-state index contributed by atoms with van der Waals surface area (Å²) >= 11 is 0. The van der Waals surface area contributed by atoms with Crippen molar-refractivity contribution in [3.8, 4) is 11.5 Å². The number of carboxylic acid groups (broad SMARTS) is 1. The van der Waals surface area contributed by atoms with Crippen LogP contribution in [-0.4, -0.2) is 41.8 Å². The quantitative estimate of drug-likeness (QED) is 0.595. The smallest absolute Gasteiger partial charge is 0.322 e. The molecular formula is C18H18N4O4. The van der Waals surface area contributed by atoms with Crippen molar-refractivity contribution in [2.45, 2.75) is 0 Å². The number of para-hydroxylation sites is 1. The molecule has 1 heterocycles. The van der Waals surface area contributed by atoms with E-state index in [0.29, 0.717) is 34.5 Å². The van der Waals surface area contributed by atoms with Crippen LogP contribution in [0.4, 0.5) is 17.5 Å². The Balaban J connectivity index is 2.01. The monoisotopic (exact) mass is 354 g/mol. The lowest BCUT2D eigenvalue weighted by Gasteiger charge is -2.13. The molecule has 8 heteroatoms. The molecule has 2 aromatic carbocycles. The van der Waals surface area contributed by atoms with Gasteiger partial charge in [0.25, 0.3) is 0 Å². The normalized spacial score (nSPS) is 10.4. The van der Waals surface area contributed by atoms with E-state index in [4.69, 9.17) is 14.6 Å². The molecular weight excluding hydrogens is 336 g/mol. The van der Waals surface area contributed by atoms with Crippen LogP contribution in [0.25, 0.3) is 10.9 Å². The van der Waals surface area contributed by atoms with Gasteiger partial charge in [0.15, 0.2) is 0 Å². The fourth-order valence-corrected chi connectivity index (χ4v) is 2.46. The van der Waals surface area contributed by atoms with Crippen LogP contribution in [0.15, 0.2) is 42.5 Å². The first-order valence-corrected chi connectivity index (χ1v) is 7.82. The molecule has 0 bridgehead atoms. The number of ether oxygens (including phenoxy) is 2. The molecule has 0 spiro atoms. The molecule has 0 radical (unpaired) electrons. The second kappa shape index (κ2) is 7.56. The van der Waals surface area contributed by atoms with Gasteiger partial charge in [-0.25, -0.2) is 4.98 Å². The SMILES string of the molecule is COc1ccc(OC)c(Nc2nc(NCC(=O)O)c3ccccc3n2)c1. The van der Waals surface area contributed by atoms with Gasteiger partial charge in [-0.2, -0.15) is 4.98 Å². The first-order chi connectivity index (χ1) is 12.6. The first-order valence-electron chi connectivity index (χ1n) is 7.82. The predicted molar refractivity (Wildman–Crippen MR) is 98.5 cm³/mol. The third kappa shape index (κ3) is 3.75. The fourth-order valence-electron chi connectivity index (χ4n) is 2.46. The van der Waals surface area contributed by atoms with Gasteiger partial charge in [0.1, 0.15) is 23.9 Å². The number of fused-ring (bicyclic) bond motifs is 1. The summed E-state index contributed by atoms with van der Waals surface area (Å²) in [6.45, 7) is -0.247. The van der Waals surface area contributed by atoms with Gasteiger partial charge < -0.3 is 25.2 Å². The maximum atomic E-state index is 10.9. The predicted octanol–water partition coefficient (Wildman–Crippen LogP) is 2.89. The minimum Gasteiger partial charge on any atom is -0.497 e. The molecule has 26 heavy (non-hydrogen) atoms. The first kappa shape index (κ1) is 17.3. The number of aromatic nitrogens is 2. The van der Waals surface area contributed by atoms with E-state index < -0.39 is 5.97 Å². The number of carboxylic acids is 1. The molecule has 0 amide bonds. The summed E-state index contributed by atoms with van der Waals surface area (Å²) < 4.78 is 10.6. The zero-order chi connectivity index (χ0) is 18.5. The Labute approximate surface area is 149 Å². The number of hydrogen-bond donors (Lipinski definition) is 3. The van der Waals surface area contributed by atoms with Crippen LogP contribution < -0.4 is 20.1 Å². The molecule has 0 unspecified atom stereocenters. The van der Waals surface area contributed by atoms with Crippen molar-refractivity contribution in [2.24, 2.45) is 0 Å². The zero-order valence-electron chi connectivity index (χ0n) is 14.3. The Hall–Kier alpha value is -3.55. The Bertz CT molecular complexity index is 946. The molecule has 0 aliphatic carbocycles. The summed E-state index contributed by atoms with van der Waals surface area (Å²) in [5.74, 6) is 1.02. The van der Waals surface area contributed by atoms with E-state index in [1.54, 1.807) is 32.4 Å². The Kier molecular flexibility index (Phi) is 5.02. The van der Waals surface area contributed by atoms with Crippen LogP contribution in [-0.2, 0) is 4.79 Å². The topological polar surface area (TPSA) is 106 Å².